The first-order valence-electron chi connectivity index (χ1n) is 3.54. The van der Waals surface area contributed by atoms with E-state index in [1.807, 2.05) is 0 Å². The predicted molar refractivity (Wildman–Crippen MR) is 42.6 cm³/mol. The van der Waals surface area contributed by atoms with E-state index < -0.39 is 11.6 Å². The van der Waals surface area contributed by atoms with Crippen LogP contribution in [0.4, 0.5) is 4.39 Å². The molecule has 0 atom stereocenters. The summed E-state index contributed by atoms with van der Waals surface area (Å²) in [5.74, 6) is -1.50. The van der Waals surface area contributed by atoms with E-state index in [-0.39, 0.29) is 17.7 Å². The number of ketones is 1. The highest BCUT2D eigenvalue weighted by atomic mass is 19.1. The minimum Gasteiger partial charge on any atom is -0.507 e. The van der Waals surface area contributed by atoms with Crippen molar-refractivity contribution in [2.24, 2.45) is 0 Å². The van der Waals surface area contributed by atoms with Gasteiger partial charge < -0.3 is 5.11 Å². The molecule has 3 nitrogen and oxygen atoms in total. The molecule has 1 aromatic carbocycles. The predicted octanol–water partition coefficient (Wildman–Crippen LogP) is 1.63. The Hall–Kier alpha value is -1.89. The molecule has 1 aromatic rings. The van der Waals surface area contributed by atoms with Gasteiger partial charge in [0.1, 0.15) is 11.6 Å². The molecule has 0 unspecified atom stereocenters. The van der Waals surface area contributed by atoms with Gasteiger partial charge in [-0.05, 0) is 18.2 Å². The van der Waals surface area contributed by atoms with Crippen LogP contribution in [-0.2, 0) is 0 Å². The number of hydrogen-bond acceptors (Lipinski definition) is 3. The first-order chi connectivity index (χ1) is 6.15. The van der Waals surface area contributed by atoms with Crippen molar-refractivity contribution in [1.82, 2.24) is 0 Å². The number of halogens is 1. The number of carbonyl (C=O) groups excluding carboxylic acids is 1. The number of carbonyl (C=O) groups is 1. The number of aromatic hydroxyl groups is 1. The zero-order valence-corrected chi connectivity index (χ0v) is 6.62. The van der Waals surface area contributed by atoms with Crippen LogP contribution < -0.4 is 0 Å². The molecule has 0 aromatic heterocycles. The highest BCUT2D eigenvalue weighted by Crippen LogP contribution is 2.19. The number of rotatable bonds is 2. The maximum atomic E-state index is 12.6. The molecule has 0 spiro atoms. The molecule has 1 rings (SSSR count). The Balaban J connectivity index is 3.07. The highest BCUT2D eigenvalue weighted by molar-refractivity contribution is 5.99. The summed E-state index contributed by atoms with van der Waals surface area (Å²) in [4.78, 5) is 11.1. The zero-order chi connectivity index (χ0) is 9.84. The molecule has 0 aliphatic carbocycles. The van der Waals surface area contributed by atoms with Crippen LogP contribution in [0, 0.1) is 17.1 Å². The summed E-state index contributed by atoms with van der Waals surface area (Å²) in [5, 5.41) is 17.3. The number of phenols is 1. The van der Waals surface area contributed by atoms with Gasteiger partial charge in [0.05, 0.1) is 18.1 Å². The van der Waals surface area contributed by atoms with Crippen molar-refractivity contribution in [3.05, 3.63) is 29.6 Å². The standard InChI is InChI=1S/C9H6FNO2/c10-6-1-2-8(12)7(5-6)9(13)3-4-11/h1-2,5,12H,3H2. The molecule has 0 aliphatic heterocycles. The van der Waals surface area contributed by atoms with Crippen molar-refractivity contribution < 1.29 is 14.3 Å². The number of nitrogens with zero attached hydrogens (tertiary/aromatic N) is 1. The Morgan fingerprint density at radius 1 is 1.62 bits per heavy atom. The molecule has 0 saturated carbocycles. The third-order valence-corrected chi connectivity index (χ3v) is 1.50. The summed E-state index contributed by atoms with van der Waals surface area (Å²) in [6, 6.07) is 4.66. The Morgan fingerprint density at radius 3 is 2.92 bits per heavy atom. The molecular formula is C9H6FNO2. The third kappa shape index (κ3) is 2.03. The molecule has 4 heteroatoms. The lowest BCUT2D eigenvalue weighted by Crippen LogP contribution is -1.98. The molecule has 0 heterocycles. The van der Waals surface area contributed by atoms with Gasteiger partial charge in [-0.1, -0.05) is 0 Å². The number of Topliss-reactive ketones (excluding diaryl/α,β-unsaturated/α-hetero) is 1. The third-order valence-electron chi connectivity index (χ3n) is 1.50. The summed E-state index contributed by atoms with van der Waals surface area (Å²) < 4.78 is 12.6. The second-order valence-corrected chi connectivity index (χ2v) is 2.42. The highest BCUT2D eigenvalue weighted by Gasteiger charge is 2.11. The van der Waals surface area contributed by atoms with Crippen molar-refractivity contribution in [2.45, 2.75) is 6.42 Å². The van der Waals surface area contributed by atoms with E-state index in [9.17, 15) is 9.18 Å². The van der Waals surface area contributed by atoms with E-state index in [0.717, 1.165) is 18.2 Å². The van der Waals surface area contributed by atoms with Crippen LogP contribution in [0.25, 0.3) is 0 Å². The Kier molecular flexibility index (Phi) is 2.60. The van der Waals surface area contributed by atoms with Crippen LogP contribution in [-0.4, -0.2) is 10.9 Å². The second-order valence-electron chi connectivity index (χ2n) is 2.42. The summed E-state index contributed by atoms with van der Waals surface area (Å²) in [6.45, 7) is 0. The topological polar surface area (TPSA) is 61.1 Å². The van der Waals surface area contributed by atoms with Gasteiger partial charge in [-0.3, -0.25) is 4.79 Å². The zero-order valence-electron chi connectivity index (χ0n) is 6.62. The summed E-state index contributed by atoms with van der Waals surface area (Å²) in [6.07, 6.45) is -0.364. The maximum Gasteiger partial charge on any atom is 0.180 e. The molecule has 0 saturated heterocycles. The Labute approximate surface area is 74.0 Å². The molecule has 0 aliphatic rings. The van der Waals surface area contributed by atoms with Gasteiger partial charge in [0.25, 0.3) is 0 Å². The lowest BCUT2D eigenvalue weighted by Gasteiger charge is -1.99. The minimum absolute atomic E-state index is 0.151. The van der Waals surface area contributed by atoms with E-state index in [1.54, 1.807) is 6.07 Å². The fourth-order valence-electron chi connectivity index (χ4n) is 0.899. The van der Waals surface area contributed by atoms with Gasteiger partial charge in [-0.15, -0.1) is 0 Å². The monoisotopic (exact) mass is 179 g/mol. The van der Waals surface area contributed by atoms with Crippen molar-refractivity contribution in [3.63, 3.8) is 0 Å². The smallest absolute Gasteiger partial charge is 0.180 e. The van der Waals surface area contributed by atoms with Gasteiger partial charge >= 0.3 is 0 Å². The molecule has 0 amide bonds. The van der Waals surface area contributed by atoms with E-state index in [0.29, 0.717) is 0 Å². The Bertz CT molecular complexity index is 382. The summed E-state index contributed by atoms with van der Waals surface area (Å²) >= 11 is 0. The van der Waals surface area contributed by atoms with Gasteiger partial charge in [0, 0.05) is 0 Å². The van der Waals surface area contributed by atoms with E-state index in [4.69, 9.17) is 10.4 Å². The largest absolute Gasteiger partial charge is 0.507 e. The van der Waals surface area contributed by atoms with E-state index in [2.05, 4.69) is 0 Å². The van der Waals surface area contributed by atoms with Crippen LogP contribution in [0.15, 0.2) is 18.2 Å². The van der Waals surface area contributed by atoms with Gasteiger partial charge in [-0.2, -0.15) is 5.26 Å². The molecule has 1 N–H and O–H groups in total. The van der Waals surface area contributed by atoms with Crippen LogP contribution in [0.5, 0.6) is 5.75 Å². The van der Waals surface area contributed by atoms with Crippen molar-refractivity contribution >= 4 is 5.78 Å². The van der Waals surface area contributed by atoms with E-state index >= 15 is 0 Å². The van der Waals surface area contributed by atoms with Crippen molar-refractivity contribution in [1.29, 1.82) is 5.26 Å². The normalized spacial score (nSPS) is 9.23. The van der Waals surface area contributed by atoms with Crippen LogP contribution in [0.2, 0.25) is 0 Å². The fourth-order valence-corrected chi connectivity index (χ4v) is 0.899. The first-order valence-corrected chi connectivity index (χ1v) is 3.54. The molecular weight excluding hydrogens is 173 g/mol. The SMILES string of the molecule is N#CCC(=O)c1cc(F)ccc1O. The average molecular weight is 179 g/mol. The van der Waals surface area contributed by atoms with E-state index in [1.165, 1.54) is 0 Å². The quantitative estimate of drug-likeness (QED) is 0.702. The maximum absolute atomic E-state index is 12.6. The van der Waals surface area contributed by atoms with Crippen LogP contribution in [0.1, 0.15) is 16.8 Å². The fraction of sp³-hybridized carbons (Fsp3) is 0.111. The van der Waals surface area contributed by atoms with Crippen molar-refractivity contribution in [3.8, 4) is 11.8 Å². The molecule has 0 radical (unpaired) electrons. The number of hydrogen-bond donors (Lipinski definition) is 1. The van der Waals surface area contributed by atoms with Gasteiger partial charge in [-0.25, -0.2) is 4.39 Å². The number of phenolic OH excluding ortho intramolecular Hbond substituents is 1. The molecule has 0 bridgehead atoms. The molecule has 66 valence electrons. The number of nitriles is 1. The van der Waals surface area contributed by atoms with Gasteiger partial charge in [0.15, 0.2) is 5.78 Å². The molecule has 0 fully saturated rings. The summed E-state index contributed by atoms with van der Waals surface area (Å²) in [5.41, 5.74) is -0.151. The Morgan fingerprint density at radius 2 is 2.31 bits per heavy atom. The average Bonchev–Trinajstić information content (AvgIpc) is 2.09. The molecule has 13 heavy (non-hydrogen) atoms. The summed E-state index contributed by atoms with van der Waals surface area (Å²) in [7, 11) is 0. The lowest BCUT2D eigenvalue weighted by molar-refractivity contribution is 0.0994. The minimum atomic E-state index is -0.612. The lowest BCUT2D eigenvalue weighted by atomic mass is 10.1. The van der Waals surface area contributed by atoms with Crippen LogP contribution in [0.3, 0.4) is 0 Å². The second kappa shape index (κ2) is 3.68. The first kappa shape index (κ1) is 9.20. The van der Waals surface area contributed by atoms with Crippen LogP contribution >= 0.6 is 0 Å². The van der Waals surface area contributed by atoms with Gasteiger partial charge in [0.2, 0.25) is 0 Å². The van der Waals surface area contributed by atoms with Crippen molar-refractivity contribution in [2.75, 3.05) is 0 Å². The number of benzene rings is 1.